The maximum absolute atomic E-state index is 13.1. The van der Waals surface area contributed by atoms with Crippen LogP contribution in [0.2, 0.25) is 0 Å². The molecule has 1 amide bonds. The van der Waals surface area contributed by atoms with Gasteiger partial charge in [0.15, 0.2) is 0 Å². The number of hydrogen-bond donors (Lipinski definition) is 1. The summed E-state index contributed by atoms with van der Waals surface area (Å²) in [5, 5.41) is 3.42. The van der Waals surface area contributed by atoms with Crippen molar-refractivity contribution in [2.45, 2.75) is 64.7 Å². The molecule has 1 aromatic carbocycles. The highest BCUT2D eigenvalue weighted by molar-refractivity contribution is 5.84. The van der Waals surface area contributed by atoms with Gasteiger partial charge in [0, 0.05) is 6.04 Å². The Hall–Kier alpha value is -1.42. The summed E-state index contributed by atoms with van der Waals surface area (Å²) in [6.45, 7) is 6.30. The lowest BCUT2D eigenvalue weighted by molar-refractivity contribution is -0.132. The maximum Gasteiger partial charge on any atom is 0.241 e. The highest BCUT2D eigenvalue weighted by atomic mass is 19.1. The van der Waals surface area contributed by atoms with Gasteiger partial charge < -0.3 is 4.90 Å². The number of amides is 1. The van der Waals surface area contributed by atoms with Gasteiger partial charge in [-0.15, -0.1) is 0 Å². The Bertz CT molecular complexity index is 474. The first kappa shape index (κ1) is 16.0. The number of nitrogens with zero attached hydrogens (tertiary/aromatic N) is 1. The fourth-order valence-corrected chi connectivity index (χ4v) is 3.08. The van der Waals surface area contributed by atoms with Crippen molar-refractivity contribution in [2.75, 3.05) is 0 Å². The third kappa shape index (κ3) is 3.43. The fraction of sp³-hybridized carbons (Fsp3) is 0.588. The summed E-state index contributed by atoms with van der Waals surface area (Å²) in [5.74, 6) is -0.0755. The lowest BCUT2D eigenvalue weighted by atomic mass is 10.1. The zero-order chi connectivity index (χ0) is 15.4. The molecule has 3 nitrogen and oxygen atoms in total. The van der Waals surface area contributed by atoms with Gasteiger partial charge in [-0.1, -0.05) is 38.8 Å². The van der Waals surface area contributed by atoms with Crippen molar-refractivity contribution >= 4 is 5.91 Å². The van der Waals surface area contributed by atoms with Gasteiger partial charge in [-0.05, 0) is 37.5 Å². The molecule has 1 N–H and O–H groups in total. The molecule has 0 saturated carbocycles. The van der Waals surface area contributed by atoms with Crippen molar-refractivity contribution < 1.29 is 9.18 Å². The molecule has 0 radical (unpaired) electrons. The zero-order valence-electron chi connectivity index (χ0n) is 13.1. The molecule has 3 unspecified atom stereocenters. The molecule has 1 aliphatic rings. The molecular formula is C17H25FN2O. The minimum Gasteiger partial charge on any atom is -0.319 e. The van der Waals surface area contributed by atoms with Crippen LogP contribution >= 0.6 is 0 Å². The molecule has 1 aromatic rings. The topological polar surface area (TPSA) is 32.3 Å². The molecule has 21 heavy (non-hydrogen) atoms. The van der Waals surface area contributed by atoms with Gasteiger partial charge in [0.05, 0.1) is 6.04 Å². The van der Waals surface area contributed by atoms with Crippen LogP contribution in [0.15, 0.2) is 24.3 Å². The zero-order valence-corrected chi connectivity index (χ0v) is 13.1. The lowest BCUT2D eigenvalue weighted by Crippen LogP contribution is -2.38. The van der Waals surface area contributed by atoms with E-state index in [2.05, 4.69) is 26.1 Å². The number of hydrogen-bond acceptors (Lipinski definition) is 2. The van der Waals surface area contributed by atoms with E-state index in [1.165, 1.54) is 12.1 Å². The van der Waals surface area contributed by atoms with Gasteiger partial charge in [0.2, 0.25) is 5.91 Å². The third-order valence-corrected chi connectivity index (χ3v) is 4.13. The molecule has 1 heterocycles. The van der Waals surface area contributed by atoms with Crippen LogP contribution in [0, 0.1) is 5.82 Å². The molecule has 1 saturated heterocycles. The van der Waals surface area contributed by atoms with Gasteiger partial charge in [-0.2, -0.15) is 0 Å². The highest BCUT2D eigenvalue weighted by Gasteiger charge is 2.41. The van der Waals surface area contributed by atoms with Crippen LogP contribution in [0.25, 0.3) is 0 Å². The maximum atomic E-state index is 13.1. The quantitative estimate of drug-likeness (QED) is 0.868. The van der Waals surface area contributed by atoms with E-state index < -0.39 is 0 Å². The summed E-state index contributed by atoms with van der Waals surface area (Å²) in [4.78, 5) is 14.6. The Kier molecular flexibility index (Phi) is 5.34. The summed E-state index contributed by atoms with van der Waals surface area (Å²) < 4.78 is 13.1. The van der Waals surface area contributed by atoms with Crippen LogP contribution in [-0.4, -0.2) is 22.9 Å². The second-order valence-corrected chi connectivity index (χ2v) is 5.85. The second-order valence-electron chi connectivity index (χ2n) is 5.85. The van der Waals surface area contributed by atoms with Crippen LogP contribution in [0.4, 0.5) is 4.39 Å². The number of halogens is 1. The van der Waals surface area contributed by atoms with E-state index in [0.717, 1.165) is 31.2 Å². The molecule has 2 rings (SSSR count). The van der Waals surface area contributed by atoms with Crippen LogP contribution in [-0.2, 0) is 4.79 Å². The molecule has 1 aliphatic heterocycles. The summed E-state index contributed by atoms with van der Waals surface area (Å²) in [5.41, 5.74) is 0.950. The van der Waals surface area contributed by atoms with Crippen LogP contribution in [0.1, 0.15) is 58.2 Å². The highest BCUT2D eigenvalue weighted by Crippen LogP contribution is 2.30. The molecule has 4 heteroatoms. The van der Waals surface area contributed by atoms with E-state index in [1.54, 1.807) is 12.1 Å². The third-order valence-electron chi connectivity index (χ3n) is 4.13. The van der Waals surface area contributed by atoms with Gasteiger partial charge >= 0.3 is 0 Å². The van der Waals surface area contributed by atoms with Crippen LogP contribution in [0.3, 0.4) is 0 Å². The Balaban J connectivity index is 2.26. The predicted molar refractivity (Wildman–Crippen MR) is 82.2 cm³/mol. The van der Waals surface area contributed by atoms with Crippen LogP contribution < -0.4 is 5.32 Å². The van der Waals surface area contributed by atoms with Crippen molar-refractivity contribution in [3.05, 3.63) is 35.6 Å². The lowest BCUT2D eigenvalue weighted by Gasteiger charge is -2.30. The molecule has 0 spiro atoms. The van der Waals surface area contributed by atoms with E-state index in [9.17, 15) is 9.18 Å². The predicted octanol–water partition coefficient (Wildman–Crippen LogP) is 3.61. The van der Waals surface area contributed by atoms with E-state index >= 15 is 0 Å². The largest absolute Gasteiger partial charge is 0.319 e. The monoisotopic (exact) mass is 292 g/mol. The molecule has 1 fully saturated rings. The minimum absolute atomic E-state index is 0.121. The summed E-state index contributed by atoms with van der Waals surface area (Å²) in [7, 11) is 0. The second kappa shape index (κ2) is 7.03. The van der Waals surface area contributed by atoms with Gasteiger partial charge in [-0.3, -0.25) is 10.1 Å². The molecule has 0 aliphatic carbocycles. The SMILES string of the molecule is CCCC1NC(c2ccc(F)cc2)N(C(C)CCC)C1=O. The Labute approximate surface area is 126 Å². The van der Waals surface area contributed by atoms with Crippen molar-refractivity contribution in [1.82, 2.24) is 10.2 Å². The number of carbonyl (C=O) groups excluding carboxylic acids is 1. The molecule has 0 bridgehead atoms. The summed E-state index contributed by atoms with van der Waals surface area (Å²) in [6, 6.07) is 6.51. The Morgan fingerprint density at radius 1 is 1.24 bits per heavy atom. The summed E-state index contributed by atoms with van der Waals surface area (Å²) >= 11 is 0. The molecule has 116 valence electrons. The number of nitrogens with one attached hydrogen (secondary N) is 1. The average molecular weight is 292 g/mol. The van der Waals surface area contributed by atoms with Crippen molar-refractivity contribution in [3.63, 3.8) is 0 Å². The van der Waals surface area contributed by atoms with E-state index in [0.29, 0.717) is 0 Å². The van der Waals surface area contributed by atoms with E-state index in [1.807, 2.05) is 4.90 Å². The number of benzene rings is 1. The van der Waals surface area contributed by atoms with Crippen molar-refractivity contribution in [2.24, 2.45) is 0 Å². The smallest absolute Gasteiger partial charge is 0.241 e. The van der Waals surface area contributed by atoms with Gasteiger partial charge in [0.1, 0.15) is 12.0 Å². The average Bonchev–Trinajstić information content (AvgIpc) is 2.78. The summed E-state index contributed by atoms with van der Waals surface area (Å²) in [6.07, 6.45) is 3.68. The number of rotatable bonds is 6. The fourth-order valence-electron chi connectivity index (χ4n) is 3.08. The van der Waals surface area contributed by atoms with E-state index in [4.69, 9.17) is 0 Å². The van der Waals surface area contributed by atoms with Crippen LogP contribution in [0.5, 0.6) is 0 Å². The van der Waals surface area contributed by atoms with E-state index in [-0.39, 0.29) is 30.0 Å². The molecule has 0 aromatic heterocycles. The Morgan fingerprint density at radius 2 is 1.90 bits per heavy atom. The Morgan fingerprint density at radius 3 is 2.48 bits per heavy atom. The van der Waals surface area contributed by atoms with Gasteiger partial charge in [-0.25, -0.2) is 4.39 Å². The van der Waals surface area contributed by atoms with Crippen molar-refractivity contribution in [1.29, 1.82) is 0 Å². The first-order chi connectivity index (χ1) is 10.1. The number of carbonyl (C=O) groups is 1. The van der Waals surface area contributed by atoms with Crippen molar-refractivity contribution in [3.8, 4) is 0 Å². The molecule has 3 atom stereocenters. The standard InChI is InChI=1S/C17H25FN2O/c1-4-6-12(3)20-16(13-8-10-14(18)11-9-13)19-15(7-5-2)17(20)21/h8-12,15-16,19H,4-7H2,1-3H3. The normalized spacial score (nSPS) is 23.6. The molecular weight excluding hydrogens is 267 g/mol. The van der Waals surface area contributed by atoms with Gasteiger partial charge in [0.25, 0.3) is 0 Å². The first-order valence-electron chi connectivity index (χ1n) is 7.92. The first-order valence-corrected chi connectivity index (χ1v) is 7.92. The minimum atomic E-state index is -0.249.